The number of carbonyl (C=O) groups is 1. The topological polar surface area (TPSA) is 60.5 Å². The molecule has 0 aliphatic carbocycles. The van der Waals surface area contributed by atoms with Crippen molar-refractivity contribution in [3.05, 3.63) is 70.7 Å². The third-order valence-corrected chi connectivity index (χ3v) is 4.71. The molecular weight excluding hydrogens is 336 g/mol. The Balaban J connectivity index is 1.44. The van der Waals surface area contributed by atoms with E-state index in [2.05, 4.69) is 22.4 Å². The Bertz CT molecular complexity index is 893. The number of benzene rings is 2. The Labute approximate surface area is 149 Å². The number of hydrogen-bond acceptors (Lipinski definition) is 5. The lowest BCUT2D eigenvalue weighted by atomic mass is 10.1. The van der Waals surface area contributed by atoms with Crippen molar-refractivity contribution in [1.82, 2.24) is 4.98 Å². The highest BCUT2D eigenvalue weighted by atomic mass is 32.1. The third kappa shape index (κ3) is 3.64. The number of ether oxygens (including phenoxy) is 2. The summed E-state index contributed by atoms with van der Waals surface area (Å²) in [5, 5.41) is 3.43. The molecule has 1 aromatic heterocycles. The van der Waals surface area contributed by atoms with Gasteiger partial charge in [0.2, 0.25) is 0 Å². The van der Waals surface area contributed by atoms with Gasteiger partial charge in [-0.3, -0.25) is 10.1 Å². The van der Waals surface area contributed by atoms with Gasteiger partial charge in [-0.25, -0.2) is 4.98 Å². The molecule has 1 aliphatic heterocycles. The normalized spacial score (nSPS) is 12.6. The summed E-state index contributed by atoms with van der Waals surface area (Å²) >= 11 is 1.48. The van der Waals surface area contributed by atoms with Crippen molar-refractivity contribution < 1.29 is 14.3 Å². The van der Waals surface area contributed by atoms with Crippen molar-refractivity contribution in [3.8, 4) is 11.5 Å². The highest BCUT2D eigenvalue weighted by molar-refractivity contribution is 7.15. The maximum atomic E-state index is 12.4. The number of rotatable bonds is 4. The van der Waals surface area contributed by atoms with E-state index in [1.165, 1.54) is 16.9 Å². The lowest BCUT2D eigenvalue weighted by Gasteiger charge is -2.18. The zero-order chi connectivity index (χ0) is 17.1. The summed E-state index contributed by atoms with van der Waals surface area (Å²) in [4.78, 5) is 17.8. The molecule has 0 unspecified atom stereocenters. The average molecular weight is 352 g/mol. The molecule has 3 aromatic rings. The van der Waals surface area contributed by atoms with Crippen molar-refractivity contribution in [2.45, 2.75) is 6.42 Å². The third-order valence-electron chi connectivity index (χ3n) is 3.80. The number of nitrogens with zero attached hydrogens (tertiary/aromatic N) is 1. The first-order chi connectivity index (χ1) is 12.3. The second-order valence-corrected chi connectivity index (χ2v) is 6.72. The molecule has 1 N–H and O–H groups in total. The first-order valence-corrected chi connectivity index (χ1v) is 8.79. The van der Waals surface area contributed by atoms with Gasteiger partial charge in [0.15, 0.2) is 16.6 Å². The summed E-state index contributed by atoms with van der Waals surface area (Å²) in [6.45, 7) is 1.02. The fourth-order valence-electron chi connectivity index (χ4n) is 2.60. The first-order valence-electron chi connectivity index (χ1n) is 7.97. The van der Waals surface area contributed by atoms with E-state index < -0.39 is 0 Å². The van der Waals surface area contributed by atoms with Crippen LogP contribution in [0.5, 0.6) is 11.5 Å². The summed E-state index contributed by atoms with van der Waals surface area (Å²) in [7, 11) is 0. The maximum absolute atomic E-state index is 12.4. The lowest BCUT2D eigenvalue weighted by molar-refractivity contribution is 0.102. The summed E-state index contributed by atoms with van der Waals surface area (Å²) in [5.41, 5.74) is 1.74. The number of amides is 1. The van der Waals surface area contributed by atoms with Crippen LogP contribution in [0, 0.1) is 0 Å². The van der Waals surface area contributed by atoms with Crippen LogP contribution in [0.2, 0.25) is 0 Å². The minimum absolute atomic E-state index is 0.211. The second kappa shape index (κ2) is 6.94. The number of thiazole rings is 1. The smallest absolute Gasteiger partial charge is 0.257 e. The highest BCUT2D eigenvalue weighted by Crippen LogP contribution is 2.31. The molecule has 4 rings (SSSR count). The van der Waals surface area contributed by atoms with Crippen LogP contribution >= 0.6 is 11.3 Å². The van der Waals surface area contributed by atoms with Crippen molar-refractivity contribution in [2.24, 2.45) is 0 Å². The molecule has 1 aliphatic rings. The largest absolute Gasteiger partial charge is 0.486 e. The van der Waals surface area contributed by atoms with Crippen LogP contribution in [-0.2, 0) is 6.42 Å². The van der Waals surface area contributed by atoms with Crippen LogP contribution in [0.25, 0.3) is 0 Å². The van der Waals surface area contributed by atoms with Gasteiger partial charge in [-0.05, 0) is 23.8 Å². The molecular formula is C19H16N2O3S. The molecule has 25 heavy (non-hydrogen) atoms. The predicted octanol–water partition coefficient (Wildman–Crippen LogP) is 3.76. The molecule has 0 saturated carbocycles. The van der Waals surface area contributed by atoms with Gasteiger partial charge in [0.25, 0.3) is 5.91 Å². The molecule has 0 saturated heterocycles. The molecule has 126 valence electrons. The standard InChI is InChI=1S/C19H16N2O3S/c22-18(14-6-7-16-17(11-14)24-9-8-23-16)21-19-20-12-15(25-19)10-13-4-2-1-3-5-13/h1-7,11-12H,8-10H2,(H,20,21,22). The van der Waals surface area contributed by atoms with Gasteiger partial charge >= 0.3 is 0 Å². The van der Waals surface area contributed by atoms with E-state index in [0.717, 1.165) is 11.3 Å². The maximum Gasteiger partial charge on any atom is 0.257 e. The number of fused-ring (bicyclic) bond motifs is 1. The van der Waals surface area contributed by atoms with Gasteiger partial charge in [-0.15, -0.1) is 11.3 Å². The molecule has 5 nitrogen and oxygen atoms in total. The molecule has 0 radical (unpaired) electrons. The van der Waals surface area contributed by atoms with Gasteiger partial charge in [0, 0.05) is 23.1 Å². The Morgan fingerprint density at radius 2 is 1.88 bits per heavy atom. The molecule has 0 spiro atoms. The molecule has 6 heteroatoms. The monoisotopic (exact) mass is 352 g/mol. The van der Waals surface area contributed by atoms with E-state index >= 15 is 0 Å². The summed E-state index contributed by atoms with van der Waals surface area (Å²) in [6, 6.07) is 15.4. The van der Waals surface area contributed by atoms with Crippen LogP contribution in [0.4, 0.5) is 5.13 Å². The number of nitrogens with one attached hydrogen (secondary N) is 1. The number of aromatic nitrogens is 1. The quantitative estimate of drug-likeness (QED) is 0.777. The molecule has 0 fully saturated rings. The van der Waals surface area contributed by atoms with Gasteiger partial charge in [-0.2, -0.15) is 0 Å². The van der Waals surface area contributed by atoms with E-state index in [-0.39, 0.29) is 5.91 Å². The summed E-state index contributed by atoms with van der Waals surface area (Å²) in [5.74, 6) is 1.06. The number of carbonyl (C=O) groups excluding carboxylic acids is 1. The van der Waals surface area contributed by atoms with Crippen molar-refractivity contribution in [3.63, 3.8) is 0 Å². The Morgan fingerprint density at radius 3 is 2.72 bits per heavy atom. The van der Waals surface area contributed by atoms with Gasteiger partial charge in [0.05, 0.1) is 0 Å². The van der Waals surface area contributed by atoms with E-state index in [9.17, 15) is 4.79 Å². The fourth-order valence-corrected chi connectivity index (χ4v) is 3.44. The van der Waals surface area contributed by atoms with Crippen molar-refractivity contribution in [1.29, 1.82) is 0 Å². The zero-order valence-corrected chi connectivity index (χ0v) is 14.2. The highest BCUT2D eigenvalue weighted by Gasteiger charge is 2.16. The molecule has 1 amide bonds. The van der Waals surface area contributed by atoms with Crippen LogP contribution < -0.4 is 14.8 Å². The molecule has 0 bridgehead atoms. The SMILES string of the molecule is O=C(Nc1ncc(Cc2ccccc2)s1)c1ccc2c(c1)OCCO2. The summed E-state index contributed by atoms with van der Waals surface area (Å²) < 4.78 is 11.0. The lowest BCUT2D eigenvalue weighted by Crippen LogP contribution is -2.17. The minimum atomic E-state index is -0.211. The Hall–Kier alpha value is -2.86. The van der Waals surface area contributed by atoms with E-state index in [0.29, 0.717) is 35.4 Å². The van der Waals surface area contributed by atoms with Crippen LogP contribution in [0.3, 0.4) is 0 Å². The molecule has 2 heterocycles. The molecule has 2 aromatic carbocycles. The molecule has 0 atom stereocenters. The Morgan fingerprint density at radius 1 is 1.08 bits per heavy atom. The Kier molecular flexibility index (Phi) is 4.35. The van der Waals surface area contributed by atoms with E-state index in [1.54, 1.807) is 24.4 Å². The predicted molar refractivity (Wildman–Crippen MR) is 96.7 cm³/mol. The van der Waals surface area contributed by atoms with Crippen LogP contribution in [-0.4, -0.2) is 24.1 Å². The van der Waals surface area contributed by atoms with E-state index in [1.807, 2.05) is 18.2 Å². The van der Waals surface area contributed by atoms with Crippen LogP contribution in [0.1, 0.15) is 20.8 Å². The van der Waals surface area contributed by atoms with Crippen molar-refractivity contribution in [2.75, 3.05) is 18.5 Å². The van der Waals surface area contributed by atoms with Crippen molar-refractivity contribution >= 4 is 22.4 Å². The summed E-state index contributed by atoms with van der Waals surface area (Å²) in [6.07, 6.45) is 2.61. The van der Waals surface area contributed by atoms with Gasteiger partial charge < -0.3 is 9.47 Å². The second-order valence-electron chi connectivity index (χ2n) is 5.61. The number of anilines is 1. The zero-order valence-electron chi connectivity index (χ0n) is 13.4. The van der Waals surface area contributed by atoms with Gasteiger partial charge in [-0.1, -0.05) is 30.3 Å². The fraction of sp³-hybridized carbons (Fsp3) is 0.158. The number of hydrogen-bond donors (Lipinski definition) is 1. The first kappa shape index (κ1) is 15.7. The van der Waals surface area contributed by atoms with Crippen LogP contribution in [0.15, 0.2) is 54.7 Å². The van der Waals surface area contributed by atoms with Gasteiger partial charge in [0.1, 0.15) is 13.2 Å². The average Bonchev–Trinajstić information content (AvgIpc) is 3.09. The minimum Gasteiger partial charge on any atom is -0.486 e. The van der Waals surface area contributed by atoms with E-state index in [4.69, 9.17) is 9.47 Å².